The molecular formula is C9H19O2. The lowest BCUT2D eigenvalue weighted by Crippen LogP contribution is -2.13. The molecule has 0 aromatic carbocycles. The van der Waals surface area contributed by atoms with Gasteiger partial charge in [0.2, 0.25) is 0 Å². The highest BCUT2D eigenvalue weighted by atomic mass is 16.5. The van der Waals surface area contributed by atoms with Gasteiger partial charge in [0, 0.05) is 13.2 Å². The number of hydrogen-bond acceptors (Lipinski definition) is 2. The van der Waals surface area contributed by atoms with Gasteiger partial charge in [0.25, 0.3) is 0 Å². The van der Waals surface area contributed by atoms with Gasteiger partial charge in [0.05, 0.1) is 12.2 Å². The molecule has 2 nitrogen and oxygen atoms in total. The van der Waals surface area contributed by atoms with Crippen LogP contribution in [0.4, 0.5) is 0 Å². The van der Waals surface area contributed by atoms with Crippen LogP contribution in [0.3, 0.4) is 0 Å². The maximum atomic E-state index is 5.36. The second-order valence-corrected chi connectivity index (χ2v) is 2.89. The molecule has 0 saturated carbocycles. The summed E-state index contributed by atoms with van der Waals surface area (Å²) in [6.45, 7) is 11.0. The normalized spacial score (nSPS) is 13.9. The molecule has 1 unspecified atom stereocenters. The Hall–Kier alpha value is -0.0800. The Labute approximate surface area is 69.9 Å². The number of ether oxygens (including phenoxy) is 2. The Morgan fingerprint density at radius 2 is 1.82 bits per heavy atom. The SMILES string of the molecule is [CH2]COC(C)CCOC(C)C. The molecule has 0 aliphatic rings. The van der Waals surface area contributed by atoms with Crippen molar-refractivity contribution in [2.75, 3.05) is 13.2 Å². The highest BCUT2D eigenvalue weighted by Gasteiger charge is 2.00. The van der Waals surface area contributed by atoms with Gasteiger partial charge in [-0.2, -0.15) is 0 Å². The standard InChI is InChI=1S/C9H19O2/c1-5-10-9(4)6-7-11-8(2)3/h8-9H,1,5-7H2,2-4H3. The summed E-state index contributed by atoms with van der Waals surface area (Å²) in [4.78, 5) is 0. The molecule has 1 radical (unpaired) electrons. The molecule has 0 rings (SSSR count). The minimum Gasteiger partial charge on any atom is -0.379 e. The highest BCUT2D eigenvalue weighted by molar-refractivity contribution is 4.50. The molecule has 0 aromatic heterocycles. The van der Waals surface area contributed by atoms with E-state index in [1.165, 1.54) is 0 Å². The fourth-order valence-electron chi connectivity index (χ4n) is 0.754. The second-order valence-electron chi connectivity index (χ2n) is 2.89. The summed E-state index contributed by atoms with van der Waals surface area (Å²) in [5, 5.41) is 0. The van der Waals surface area contributed by atoms with Crippen LogP contribution >= 0.6 is 0 Å². The summed E-state index contributed by atoms with van der Waals surface area (Å²) in [5.41, 5.74) is 0. The molecule has 0 N–H and O–H groups in total. The van der Waals surface area contributed by atoms with Gasteiger partial charge < -0.3 is 9.47 Å². The van der Waals surface area contributed by atoms with E-state index in [0.29, 0.717) is 12.7 Å². The minimum atomic E-state index is 0.270. The Bertz CT molecular complexity index is 81.6. The van der Waals surface area contributed by atoms with E-state index in [1.807, 2.05) is 20.8 Å². The smallest absolute Gasteiger partial charge is 0.0568 e. The first-order valence-corrected chi connectivity index (χ1v) is 4.19. The summed E-state index contributed by atoms with van der Waals surface area (Å²) in [7, 11) is 0. The zero-order valence-electron chi connectivity index (χ0n) is 7.80. The van der Waals surface area contributed by atoms with Crippen LogP contribution in [-0.4, -0.2) is 25.4 Å². The van der Waals surface area contributed by atoms with Gasteiger partial charge in [-0.25, -0.2) is 0 Å². The van der Waals surface area contributed by atoms with Crippen LogP contribution in [0.5, 0.6) is 0 Å². The molecule has 0 aliphatic carbocycles. The molecule has 0 heterocycles. The van der Waals surface area contributed by atoms with E-state index in [9.17, 15) is 0 Å². The Kier molecular flexibility index (Phi) is 6.57. The third-order valence-corrected chi connectivity index (χ3v) is 1.38. The monoisotopic (exact) mass is 159 g/mol. The van der Waals surface area contributed by atoms with Crippen molar-refractivity contribution < 1.29 is 9.47 Å². The van der Waals surface area contributed by atoms with Gasteiger partial charge in [0.1, 0.15) is 0 Å². The van der Waals surface area contributed by atoms with Crippen LogP contribution in [0.15, 0.2) is 0 Å². The average Bonchev–Trinajstić information content (AvgIpc) is 1.87. The zero-order valence-corrected chi connectivity index (χ0v) is 7.80. The highest BCUT2D eigenvalue weighted by Crippen LogP contribution is 1.98. The van der Waals surface area contributed by atoms with Crippen LogP contribution in [0, 0.1) is 6.92 Å². The van der Waals surface area contributed by atoms with Crippen LogP contribution < -0.4 is 0 Å². The van der Waals surface area contributed by atoms with Gasteiger partial charge in [-0.3, -0.25) is 0 Å². The number of hydrogen-bond donors (Lipinski definition) is 0. The predicted molar refractivity (Wildman–Crippen MR) is 46.5 cm³/mol. The molecule has 0 fully saturated rings. The lowest BCUT2D eigenvalue weighted by Gasteiger charge is -2.12. The summed E-state index contributed by atoms with van der Waals surface area (Å²) in [6.07, 6.45) is 1.54. The maximum absolute atomic E-state index is 5.36. The van der Waals surface area contributed by atoms with Crippen molar-refractivity contribution in [2.45, 2.75) is 39.4 Å². The molecule has 0 aromatic rings. The molecular weight excluding hydrogens is 140 g/mol. The first-order chi connectivity index (χ1) is 5.16. The van der Waals surface area contributed by atoms with Gasteiger partial charge in [-0.05, 0) is 34.1 Å². The first-order valence-electron chi connectivity index (χ1n) is 4.19. The van der Waals surface area contributed by atoms with Crippen LogP contribution in [0.2, 0.25) is 0 Å². The van der Waals surface area contributed by atoms with E-state index in [2.05, 4.69) is 6.92 Å². The third kappa shape index (κ3) is 7.82. The average molecular weight is 159 g/mol. The fraction of sp³-hybridized carbons (Fsp3) is 0.889. The van der Waals surface area contributed by atoms with Crippen molar-refractivity contribution in [1.29, 1.82) is 0 Å². The maximum Gasteiger partial charge on any atom is 0.0568 e. The van der Waals surface area contributed by atoms with E-state index in [-0.39, 0.29) is 6.10 Å². The van der Waals surface area contributed by atoms with Crippen LogP contribution in [0.1, 0.15) is 27.2 Å². The van der Waals surface area contributed by atoms with E-state index >= 15 is 0 Å². The van der Waals surface area contributed by atoms with Crippen molar-refractivity contribution in [2.24, 2.45) is 0 Å². The molecule has 0 aliphatic heterocycles. The van der Waals surface area contributed by atoms with Crippen LogP contribution in [-0.2, 0) is 9.47 Å². The fourth-order valence-corrected chi connectivity index (χ4v) is 0.754. The lowest BCUT2D eigenvalue weighted by molar-refractivity contribution is 0.0250. The molecule has 0 spiro atoms. The lowest BCUT2D eigenvalue weighted by atomic mass is 10.3. The third-order valence-electron chi connectivity index (χ3n) is 1.38. The van der Waals surface area contributed by atoms with Crippen molar-refractivity contribution in [3.8, 4) is 0 Å². The Balaban J connectivity index is 3.10. The molecule has 0 saturated heterocycles. The molecule has 0 amide bonds. The van der Waals surface area contributed by atoms with Crippen molar-refractivity contribution in [3.63, 3.8) is 0 Å². The summed E-state index contributed by atoms with van der Waals surface area (Å²) < 4.78 is 10.6. The van der Waals surface area contributed by atoms with E-state index in [1.54, 1.807) is 0 Å². The molecule has 0 bridgehead atoms. The van der Waals surface area contributed by atoms with Crippen LogP contribution in [0.25, 0.3) is 0 Å². The largest absolute Gasteiger partial charge is 0.379 e. The van der Waals surface area contributed by atoms with Gasteiger partial charge in [0.15, 0.2) is 0 Å². The van der Waals surface area contributed by atoms with E-state index in [4.69, 9.17) is 9.47 Å². The van der Waals surface area contributed by atoms with Gasteiger partial charge >= 0.3 is 0 Å². The van der Waals surface area contributed by atoms with E-state index < -0.39 is 0 Å². The summed E-state index contributed by atoms with van der Waals surface area (Å²) >= 11 is 0. The second kappa shape index (κ2) is 6.62. The molecule has 67 valence electrons. The van der Waals surface area contributed by atoms with E-state index in [0.717, 1.165) is 13.0 Å². The van der Waals surface area contributed by atoms with Crippen molar-refractivity contribution >= 4 is 0 Å². The molecule has 1 atom stereocenters. The van der Waals surface area contributed by atoms with Crippen molar-refractivity contribution in [3.05, 3.63) is 6.92 Å². The minimum absolute atomic E-state index is 0.270. The van der Waals surface area contributed by atoms with Gasteiger partial charge in [-0.1, -0.05) is 0 Å². The Morgan fingerprint density at radius 1 is 1.18 bits per heavy atom. The Morgan fingerprint density at radius 3 is 2.27 bits per heavy atom. The topological polar surface area (TPSA) is 18.5 Å². The van der Waals surface area contributed by atoms with Crippen molar-refractivity contribution in [1.82, 2.24) is 0 Å². The molecule has 2 heteroatoms. The molecule has 11 heavy (non-hydrogen) atoms. The summed E-state index contributed by atoms with van der Waals surface area (Å²) in [6, 6.07) is 0. The number of rotatable bonds is 6. The zero-order chi connectivity index (χ0) is 8.69. The first kappa shape index (κ1) is 10.9. The predicted octanol–water partition coefficient (Wildman–Crippen LogP) is 2.04. The summed E-state index contributed by atoms with van der Waals surface area (Å²) in [5.74, 6) is 0. The quantitative estimate of drug-likeness (QED) is 0.590. The van der Waals surface area contributed by atoms with Gasteiger partial charge in [-0.15, -0.1) is 0 Å².